The number of nitrogens with one attached hydrogen (secondary N) is 1. The minimum absolute atomic E-state index is 0.0385. The largest absolute Gasteiger partial charge is 0.356 e. The van der Waals surface area contributed by atoms with Crippen molar-refractivity contribution in [2.24, 2.45) is 0 Å². The van der Waals surface area contributed by atoms with Gasteiger partial charge in [-0.15, -0.1) is 0 Å². The number of anilines is 1. The number of likely N-dealkylation sites (N-methyl/N-ethyl adjacent to an activating group) is 1. The number of hydrogen-bond donors (Lipinski definition) is 1. The summed E-state index contributed by atoms with van der Waals surface area (Å²) in [6.45, 7) is 5.23. The van der Waals surface area contributed by atoms with Crippen LogP contribution in [0.3, 0.4) is 0 Å². The number of aromatic nitrogens is 2. The van der Waals surface area contributed by atoms with Gasteiger partial charge in [0, 0.05) is 44.2 Å². The molecular formula is C15H25N5O2S. The molecule has 128 valence electrons. The maximum absolute atomic E-state index is 11.7. The lowest BCUT2D eigenvalue weighted by Crippen LogP contribution is -2.45. The van der Waals surface area contributed by atoms with E-state index in [0.717, 1.165) is 57.0 Å². The second-order valence-corrected chi connectivity index (χ2v) is 8.44. The van der Waals surface area contributed by atoms with Gasteiger partial charge in [-0.3, -0.25) is 0 Å². The fraction of sp³-hybridized carbons (Fsp3) is 0.733. The number of piperidine rings is 1. The van der Waals surface area contributed by atoms with Gasteiger partial charge in [0.15, 0.2) is 0 Å². The third kappa shape index (κ3) is 3.81. The van der Waals surface area contributed by atoms with Crippen LogP contribution < -0.4 is 9.62 Å². The van der Waals surface area contributed by atoms with E-state index in [1.54, 1.807) is 13.3 Å². The monoisotopic (exact) mass is 339 g/mol. The van der Waals surface area contributed by atoms with Crippen LogP contribution in [0.2, 0.25) is 0 Å². The standard InChI is InChI=1S/C15H25N5O2S/c1-3-23(21,22)18-12-4-8-20(9-5-12)15-13-10-19(2)7-6-14(13)16-11-17-15/h11-12,18H,3-10H2,1-2H3. The van der Waals surface area contributed by atoms with E-state index in [-0.39, 0.29) is 11.8 Å². The third-order valence-corrected chi connectivity index (χ3v) is 6.14. The molecule has 1 aromatic heterocycles. The van der Waals surface area contributed by atoms with Gasteiger partial charge in [0.1, 0.15) is 12.1 Å². The molecule has 23 heavy (non-hydrogen) atoms. The fourth-order valence-corrected chi connectivity index (χ4v) is 4.19. The molecule has 0 spiro atoms. The molecule has 1 N–H and O–H groups in total. The van der Waals surface area contributed by atoms with Gasteiger partial charge in [-0.2, -0.15) is 0 Å². The van der Waals surface area contributed by atoms with Crippen molar-refractivity contribution in [3.8, 4) is 0 Å². The van der Waals surface area contributed by atoms with E-state index in [1.807, 2.05) is 0 Å². The summed E-state index contributed by atoms with van der Waals surface area (Å²) in [5, 5.41) is 0. The number of hydrogen-bond acceptors (Lipinski definition) is 6. The van der Waals surface area contributed by atoms with Crippen LogP contribution in [0.5, 0.6) is 0 Å². The molecule has 1 fully saturated rings. The Balaban J connectivity index is 1.69. The predicted molar refractivity (Wildman–Crippen MR) is 89.9 cm³/mol. The van der Waals surface area contributed by atoms with Gasteiger partial charge in [-0.25, -0.2) is 23.1 Å². The number of sulfonamides is 1. The van der Waals surface area contributed by atoms with Crippen molar-refractivity contribution in [3.05, 3.63) is 17.6 Å². The lowest BCUT2D eigenvalue weighted by atomic mass is 10.0. The summed E-state index contributed by atoms with van der Waals surface area (Å²) in [5.74, 6) is 1.16. The molecule has 3 heterocycles. The van der Waals surface area contributed by atoms with Gasteiger partial charge < -0.3 is 9.80 Å². The second kappa shape index (κ2) is 6.70. The molecule has 0 aliphatic carbocycles. The Bertz CT molecular complexity index is 656. The molecule has 1 aromatic rings. The smallest absolute Gasteiger partial charge is 0.211 e. The van der Waals surface area contributed by atoms with E-state index in [0.29, 0.717) is 0 Å². The maximum Gasteiger partial charge on any atom is 0.211 e. The van der Waals surface area contributed by atoms with Crippen molar-refractivity contribution in [1.82, 2.24) is 19.6 Å². The average Bonchev–Trinajstić information content (AvgIpc) is 2.55. The number of fused-ring (bicyclic) bond motifs is 1. The van der Waals surface area contributed by atoms with Crippen LogP contribution in [0.25, 0.3) is 0 Å². The van der Waals surface area contributed by atoms with Crippen LogP contribution in [-0.2, 0) is 23.0 Å². The first kappa shape index (κ1) is 16.6. The molecule has 0 bridgehead atoms. The molecule has 2 aliphatic heterocycles. The van der Waals surface area contributed by atoms with Crippen LogP contribution in [-0.4, -0.2) is 61.8 Å². The van der Waals surface area contributed by atoms with E-state index in [4.69, 9.17) is 0 Å². The van der Waals surface area contributed by atoms with E-state index >= 15 is 0 Å². The van der Waals surface area contributed by atoms with E-state index in [1.165, 1.54) is 5.56 Å². The summed E-state index contributed by atoms with van der Waals surface area (Å²) in [7, 11) is -1.01. The lowest BCUT2D eigenvalue weighted by Gasteiger charge is -2.35. The number of nitrogens with zero attached hydrogens (tertiary/aromatic N) is 4. The molecule has 1 saturated heterocycles. The zero-order valence-corrected chi connectivity index (χ0v) is 14.6. The minimum Gasteiger partial charge on any atom is -0.356 e. The Morgan fingerprint density at radius 1 is 1.26 bits per heavy atom. The summed E-state index contributed by atoms with van der Waals surface area (Å²) < 4.78 is 26.2. The normalized spacial score (nSPS) is 20.5. The highest BCUT2D eigenvalue weighted by molar-refractivity contribution is 7.89. The Labute approximate surface area is 138 Å². The topological polar surface area (TPSA) is 78.4 Å². The first-order valence-corrected chi connectivity index (χ1v) is 9.90. The molecule has 2 aliphatic rings. The van der Waals surface area contributed by atoms with Crippen molar-refractivity contribution >= 4 is 15.8 Å². The second-order valence-electron chi connectivity index (χ2n) is 6.39. The SMILES string of the molecule is CCS(=O)(=O)NC1CCN(c2ncnc3c2CN(C)CC3)CC1. The molecule has 0 atom stereocenters. The van der Waals surface area contributed by atoms with Gasteiger partial charge >= 0.3 is 0 Å². The Kier molecular flexibility index (Phi) is 4.84. The van der Waals surface area contributed by atoms with Gasteiger partial charge in [-0.1, -0.05) is 0 Å². The number of rotatable bonds is 4. The molecule has 7 nitrogen and oxygen atoms in total. The maximum atomic E-state index is 11.7. The molecule has 0 amide bonds. The van der Waals surface area contributed by atoms with Crippen LogP contribution in [0.15, 0.2) is 6.33 Å². The van der Waals surface area contributed by atoms with E-state index in [9.17, 15) is 8.42 Å². The van der Waals surface area contributed by atoms with Gasteiger partial charge in [0.25, 0.3) is 0 Å². The summed E-state index contributed by atoms with van der Waals surface area (Å²) >= 11 is 0. The Hall–Kier alpha value is -1.25. The van der Waals surface area contributed by atoms with Crippen molar-refractivity contribution in [1.29, 1.82) is 0 Å². The summed E-state index contributed by atoms with van der Waals surface area (Å²) in [5.41, 5.74) is 2.38. The van der Waals surface area contributed by atoms with E-state index < -0.39 is 10.0 Å². The van der Waals surface area contributed by atoms with Crippen molar-refractivity contribution in [2.45, 2.75) is 38.8 Å². The molecule has 3 rings (SSSR count). The zero-order chi connectivity index (χ0) is 16.4. The van der Waals surface area contributed by atoms with Crippen LogP contribution >= 0.6 is 0 Å². The van der Waals surface area contributed by atoms with Gasteiger partial charge in [0.2, 0.25) is 10.0 Å². The molecule has 0 aromatic carbocycles. The third-order valence-electron chi connectivity index (χ3n) is 4.69. The molecule has 0 radical (unpaired) electrons. The highest BCUT2D eigenvalue weighted by atomic mass is 32.2. The summed E-state index contributed by atoms with van der Waals surface area (Å²) in [4.78, 5) is 13.5. The summed E-state index contributed by atoms with van der Waals surface area (Å²) in [6, 6.07) is 0.0385. The Morgan fingerprint density at radius 2 is 2.00 bits per heavy atom. The first-order valence-electron chi connectivity index (χ1n) is 8.24. The minimum atomic E-state index is -3.12. The van der Waals surface area contributed by atoms with Crippen LogP contribution in [0.4, 0.5) is 5.82 Å². The Morgan fingerprint density at radius 3 is 2.70 bits per heavy atom. The predicted octanol–water partition coefficient (Wildman–Crippen LogP) is 0.373. The molecule has 0 unspecified atom stereocenters. The van der Waals surface area contributed by atoms with Crippen molar-refractivity contribution in [2.75, 3.05) is 37.3 Å². The molecule has 8 heteroatoms. The average molecular weight is 339 g/mol. The quantitative estimate of drug-likeness (QED) is 0.854. The van der Waals surface area contributed by atoms with Crippen LogP contribution in [0, 0.1) is 0 Å². The highest BCUT2D eigenvalue weighted by Gasteiger charge is 2.27. The van der Waals surface area contributed by atoms with Crippen LogP contribution in [0.1, 0.15) is 31.0 Å². The van der Waals surface area contributed by atoms with Gasteiger partial charge in [-0.05, 0) is 26.8 Å². The molecule has 0 saturated carbocycles. The summed E-state index contributed by atoms with van der Waals surface area (Å²) in [6.07, 6.45) is 4.25. The fourth-order valence-electron chi connectivity index (χ4n) is 3.28. The molecular weight excluding hydrogens is 314 g/mol. The zero-order valence-electron chi connectivity index (χ0n) is 13.8. The van der Waals surface area contributed by atoms with E-state index in [2.05, 4.69) is 31.5 Å². The van der Waals surface area contributed by atoms with Gasteiger partial charge in [0.05, 0.1) is 11.4 Å². The highest BCUT2D eigenvalue weighted by Crippen LogP contribution is 2.27. The first-order chi connectivity index (χ1) is 11.0. The van der Waals surface area contributed by atoms with Crippen molar-refractivity contribution in [3.63, 3.8) is 0 Å². The lowest BCUT2D eigenvalue weighted by molar-refractivity contribution is 0.308. The van der Waals surface area contributed by atoms with Crippen molar-refractivity contribution < 1.29 is 8.42 Å².